The highest BCUT2D eigenvalue weighted by Crippen LogP contribution is 2.11. The van der Waals surface area contributed by atoms with Crippen LogP contribution in [0.5, 0.6) is 0 Å². The van der Waals surface area contributed by atoms with Crippen molar-refractivity contribution in [1.82, 2.24) is 15.1 Å². The summed E-state index contributed by atoms with van der Waals surface area (Å²) in [5.41, 5.74) is 0. The highest BCUT2D eigenvalue weighted by molar-refractivity contribution is 5.88. The molecule has 0 radical (unpaired) electrons. The number of unbranched alkanes of at least 4 members (excludes halogenated alkanes) is 14. The Hall–Kier alpha value is -1.59. The van der Waals surface area contributed by atoms with Crippen LogP contribution in [0.3, 0.4) is 0 Å². The van der Waals surface area contributed by atoms with Gasteiger partial charge in [0.1, 0.15) is 6.04 Å². The van der Waals surface area contributed by atoms with Crippen molar-refractivity contribution in [3.63, 3.8) is 0 Å². The largest absolute Gasteiger partial charge is 0.346 e. The molecule has 0 aliphatic rings. The summed E-state index contributed by atoms with van der Waals surface area (Å²) in [5.74, 6) is -0.0877. The Bertz CT molecular complexity index is 582. The third-order valence-corrected chi connectivity index (χ3v) is 7.28. The molecule has 6 heteroatoms. The van der Waals surface area contributed by atoms with Crippen molar-refractivity contribution in [3.05, 3.63) is 0 Å². The van der Waals surface area contributed by atoms with E-state index in [9.17, 15) is 14.4 Å². The number of rotatable bonds is 25. The maximum Gasteiger partial charge on any atom is 0.244 e. The quantitative estimate of drug-likeness (QED) is 0.128. The summed E-state index contributed by atoms with van der Waals surface area (Å²) < 4.78 is 0. The van der Waals surface area contributed by atoms with Gasteiger partial charge in [-0.15, -0.1) is 0 Å². The molecule has 1 atom stereocenters. The van der Waals surface area contributed by atoms with Crippen LogP contribution in [-0.4, -0.2) is 60.7 Å². The topological polar surface area (TPSA) is 69.7 Å². The molecule has 0 fully saturated rings. The molecular weight excluding hydrogens is 462 g/mol. The van der Waals surface area contributed by atoms with E-state index < -0.39 is 6.04 Å². The van der Waals surface area contributed by atoms with Gasteiger partial charge >= 0.3 is 0 Å². The Labute approximate surface area is 229 Å². The Balaban J connectivity index is 4.72. The van der Waals surface area contributed by atoms with Gasteiger partial charge in [0.2, 0.25) is 17.7 Å². The molecule has 0 bridgehead atoms. The van der Waals surface area contributed by atoms with Gasteiger partial charge in [0, 0.05) is 40.0 Å². The first-order chi connectivity index (χ1) is 17.9. The smallest absolute Gasteiger partial charge is 0.244 e. The van der Waals surface area contributed by atoms with Crippen molar-refractivity contribution in [1.29, 1.82) is 0 Å². The summed E-state index contributed by atoms with van der Waals surface area (Å²) in [6, 6.07) is -0.625. The molecule has 0 saturated heterocycles. The van der Waals surface area contributed by atoms with E-state index in [1.807, 2.05) is 14.1 Å². The molecule has 1 N–H and O–H groups in total. The van der Waals surface area contributed by atoms with Crippen molar-refractivity contribution in [2.24, 2.45) is 0 Å². The molecule has 0 aromatic heterocycles. The monoisotopic (exact) mass is 523 g/mol. The predicted octanol–water partition coefficient (Wildman–Crippen LogP) is 7.25. The van der Waals surface area contributed by atoms with Crippen LogP contribution in [-0.2, 0) is 14.4 Å². The van der Waals surface area contributed by atoms with Crippen molar-refractivity contribution < 1.29 is 14.4 Å². The molecule has 218 valence electrons. The number of carbonyl (C=O) groups is 3. The molecule has 0 spiro atoms. The molecule has 37 heavy (non-hydrogen) atoms. The number of nitrogens with one attached hydrogen (secondary N) is 1. The number of hydrogen-bond acceptors (Lipinski definition) is 3. The Morgan fingerprint density at radius 2 is 1.00 bits per heavy atom. The third-order valence-electron chi connectivity index (χ3n) is 7.28. The number of nitrogens with zero attached hydrogens (tertiary/aromatic N) is 2. The predicted molar refractivity (Wildman–Crippen MR) is 157 cm³/mol. The van der Waals surface area contributed by atoms with E-state index in [2.05, 4.69) is 26.1 Å². The molecule has 0 aliphatic carbocycles. The first-order valence-electron chi connectivity index (χ1n) is 15.7. The Kier molecular flexibility index (Phi) is 23.7. The van der Waals surface area contributed by atoms with Crippen LogP contribution in [0, 0.1) is 0 Å². The first-order valence-corrected chi connectivity index (χ1v) is 15.7. The lowest BCUT2D eigenvalue weighted by atomic mass is 10.1. The second-order valence-electron chi connectivity index (χ2n) is 10.9. The maximum atomic E-state index is 13.2. The highest BCUT2D eigenvalue weighted by atomic mass is 16.2. The lowest BCUT2D eigenvalue weighted by molar-refractivity contribution is -0.136. The van der Waals surface area contributed by atoms with Crippen LogP contribution < -0.4 is 5.32 Å². The van der Waals surface area contributed by atoms with Gasteiger partial charge < -0.3 is 15.1 Å². The third kappa shape index (κ3) is 20.1. The second-order valence-corrected chi connectivity index (χ2v) is 10.9. The van der Waals surface area contributed by atoms with Crippen LogP contribution in [0.2, 0.25) is 0 Å². The zero-order chi connectivity index (χ0) is 27.7. The molecular formula is C31H61N3O3. The Morgan fingerprint density at radius 1 is 0.568 bits per heavy atom. The van der Waals surface area contributed by atoms with Crippen molar-refractivity contribution >= 4 is 17.7 Å². The average molecular weight is 524 g/mol. The molecule has 1 unspecified atom stereocenters. The van der Waals surface area contributed by atoms with Crippen LogP contribution in [0.15, 0.2) is 0 Å². The normalized spacial score (nSPS) is 11.8. The molecule has 0 aromatic rings. The Morgan fingerprint density at radius 3 is 1.51 bits per heavy atom. The number of amides is 3. The van der Waals surface area contributed by atoms with E-state index in [0.717, 1.165) is 51.5 Å². The zero-order valence-corrected chi connectivity index (χ0v) is 25.3. The lowest BCUT2D eigenvalue weighted by Gasteiger charge is -2.25. The maximum absolute atomic E-state index is 13.2. The minimum atomic E-state index is -0.625. The van der Waals surface area contributed by atoms with Crippen LogP contribution in [0.1, 0.15) is 149 Å². The SMILES string of the molecule is CCCCCCCCCC(=O)NC(CCC(=O)N(C)CCCCCCC)C(=O)N(C)CCCCCCC. The van der Waals surface area contributed by atoms with Gasteiger partial charge in [0.05, 0.1) is 0 Å². The molecule has 0 aliphatic heterocycles. The summed E-state index contributed by atoms with van der Waals surface area (Å²) in [4.78, 5) is 42.1. The fourth-order valence-electron chi connectivity index (χ4n) is 4.63. The molecule has 0 aromatic carbocycles. The first kappa shape index (κ1) is 35.4. The standard InChI is InChI=1S/C31H61N3O3/c1-6-9-12-15-16-17-20-23-29(35)32-28(31(37)34(5)27-22-19-14-11-8-3)24-25-30(36)33(4)26-21-18-13-10-7-2/h28H,6-27H2,1-5H3,(H,32,35). The van der Waals surface area contributed by atoms with E-state index in [1.165, 1.54) is 64.2 Å². The molecule has 6 nitrogen and oxygen atoms in total. The van der Waals surface area contributed by atoms with E-state index in [4.69, 9.17) is 0 Å². The van der Waals surface area contributed by atoms with Gasteiger partial charge in [-0.2, -0.15) is 0 Å². The zero-order valence-electron chi connectivity index (χ0n) is 25.3. The number of carbonyl (C=O) groups excluding carboxylic acids is 3. The van der Waals surface area contributed by atoms with Gasteiger partial charge in [0.15, 0.2) is 0 Å². The van der Waals surface area contributed by atoms with Gasteiger partial charge in [-0.1, -0.05) is 111 Å². The summed E-state index contributed by atoms with van der Waals surface area (Å²) in [6.07, 6.45) is 20.7. The summed E-state index contributed by atoms with van der Waals surface area (Å²) in [6.45, 7) is 8.05. The summed E-state index contributed by atoms with van der Waals surface area (Å²) >= 11 is 0. The average Bonchev–Trinajstić information content (AvgIpc) is 2.89. The fourth-order valence-corrected chi connectivity index (χ4v) is 4.63. The minimum absolute atomic E-state index is 0.0526. The molecule has 0 saturated carbocycles. The fraction of sp³-hybridized carbons (Fsp3) is 0.903. The van der Waals surface area contributed by atoms with Crippen LogP contribution >= 0.6 is 0 Å². The lowest BCUT2D eigenvalue weighted by Crippen LogP contribution is -2.48. The van der Waals surface area contributed by atoms with E-state index in [-0.39, 0.29) is 24.1 Å². The number of hydrogen-bond donors (Lipinski definition) is 1. The van der Waals surface area contributed by atoms with E-state index in [0.29, 0.717) is 19.4 Å². The summed E-state index contributed by atoms with van der Waals surface area (Å²) in [7, 11) is 3.67. The van der Waals surface area contributed by atoms with E-state index >= 15 is 0 Å². The minimum Gasteiger partial charge on any atom is -0.346 e. The van der Waals surface area contributed by atoms with Crippen LogP contribution in [0.4, 0.5) is 0 Å². The van der Waals surface area contributed by atoms with Gasteiger partial charge in [0.25, 0.3) is 0 Å². The van der Waals surface area contributed by atoms with Gasteiger partial charge in [-0.05, 0) is 25.7 Å². The summed E-state index contributed by atoms with van der Waals surface area (Å²) in [5, 5.41) is 2.98. The molecule has 0 heterocycles. The van der Waals surface area contributed by atoms with E-state index in [1.54, 1.807) is 9.80 Å². The molecule has 3 amide bonds. The van der Waals surface area contributed by atoms with Gasteiger partial charge in [-0.25, -0.2) is 0 Å². The van der Waals surface area contributed by atoms with Crippen molar-refractivity contribution in [3.8, 4) is 0 Å². The second kappa shape index (κ2) is 24.7. The van der Waals surface area contributed by atoms with Gasteiger partial charge in [-0.3, -0.25) is 14.4 Å². The van der Waals surface area contributed by atoms with Crippen molar-refractivity contribution in [2.75, 3.05) is 27.2 Å². The molecule has 0 rings (SSSR count). The highest BCUT2D eigenvalue weighted by Gasteiger charge is 2.25. The number of likely N-dealkylation sites (N-methyl/N-ethyl adjacent to an activating group) is 1. The van der Waals surface area contributed by atoms with Crippen LogP contribution in [0.25, 0.3) is 0 Å². The van der Waals surface area contributed by atoms with Crippen molar-refractivity contribution in [2.45, 2.75) is 155 Å².